The van der Waals surface area contributed by atoms with Gasteiger partial charge in [-0.15, -0.1) is 0 Å². The molecule has 31 heteroatoms. The van der Waals surface area contributed by atoms with E-state index >= 15 is 0 Å². The topological polar surface area (TPSA) is 294 Å². The van der Waals surface area contributed by atoms with Crippen molar-refractivity contribution in [1.29, 1.82) is 0 Å². The number of ether oxygens (including phenoxy) is 5. The lowest BCUT2D eigenvalue weighted by molar-refractivity contribution is 0.0625. The summed E-state index contributed by atoms with van der Waals surface area (Å²) in [4.78, 5) is 162. The van der Waals surface area contributed by atoms with Crippen molar-refractivity contribution in [3.8, 4) is 34.5 Å². The third-order valence-corrected chi connectivity index (χ3v) is 27.8. The predicted molar refractivity (Wildman–Crippen MR) is 568 cm³/mol. The molecular formula is C116H113Cl6N7O18. The summed E-state index contributed by atoms with van der Waals surface area (Å²) in [6, 6.07) is 63.2. The van der Waals surface area contributed by atoms with Gasteiger partial charge in [0.2, 0.25) is 0 Å². The van der Waals surface area contributed by atoms with E-state index in [-0.39, 0.29) is 121 Å². The molecule has 0 fully saturated rings. The van der Waals surface area contributed by atoms with Crippen molar-refractivity contribution in [2.45, 2.75) is 167 Å². The Kier molecular flexibility index (Phi) is 37.4. The van der Waals surface area contributed by atoms with Crippen molar-refractivity contribution < 1.29 is 86.3 Å². The molecule has 12 aromatic carbocycles. The van der Waals surface area contributed by atoms with Gasteiger partial charge in [-0.05, 0) is 264 Å². The highest BCUT2D eigenvalue weighted by Gasteiger charge is 2.45. The second-order valence-corrected chi connectivity index (χ2v) is 38.3. The number of phenols is 1. The van der Waals surface area contributed by atoms with Gasteiger partial charge in [0.1, 0.15) is 41.1 Å². The minimum absolute atomic E-state index is 0.0117. The number of phenolic OH excluding ortho intramolecular Hbond substituents is 1. The van der Waals surface area contributed by atoms with Crippen LogP contribution in [0.2, 0.25) is 30.1 Å². The normalized spacial score (nSPS) is 13.6. The van der Waals surface area contributed by atoms with Crippen LogP contribution < -0.4 is 23.7 Å². The molecule has 25 nitrogen and oxygen atoms in total. The quantitative estimate of drug-likeness (QED) is 0.0312. The minimum atomic E-state index is -0.472. The van der Waals surface area contributed by atoms with Crippen LogP contribution >= 0.6 is 69.6 Å². The van der Waals surface area contributed by atoms with Crippen LogP contribution in [0.1, 0.15) is 272 Å². The summed E-state index contributed by atoms with van der Waals surface area (Å²) in [6.07, 6.45) is 4.61. The molecular weight excluding hydrogens is 1990 g/mol. The lowest BCUT2D eigenvalue weighted by Gasteiger charge is -2.18. The summed E-state index contributed by atoms with van der Waals surface area (Å²) >= 11 is 36.2. The molecule has 1 unspecified atom stereocenters. The number of aryl methyl sites for hydroxylation is 6. The van der Waals surface area contributed by atoms with E-state index in [1.807, 2.05) is 129 Å². The van der Waals surface area contributed by atoms with Crippen LogP contribution in [0.15, 0.2) is 218 Å². The van der Waals surface area contributed by atoms with Crippen LogP contribution in [-0.2, 0) is 39.3 Å². The second-order valence-electron chi connectivity index (χ2n) is 35.8. The molecule has 147 heavy (non-hydrogen) atoms. The van der Waals surface area contributed by atoms with Gasteiger partial charge in [-0.1, -0.05) is 226 Å². The molecule has 12 aromatic rings. The Bertz CT molecular complexity index is 7120. The van der Waals surface area contributed by atoms with E-state index in [9.17, 15) is 62.6 Å². The summed E-state index contributed by atoms with van der Waals surface area (Å²) in [5.74, 6) is -1.65. The summed E-state index contributed by atoms with van der Waals surface area (Å²) in [7, 11) is 0. The molecule has 6 aliphatic rings. The molecule has 762 valence electrons. The molecule has 6 heterocycles. The summed E-state index contributed by atoms with van der Waals surface area (Å²) in [6.45, 7) is 31.3. The van der Waals surface area contributed by atoms with Crippen molar-refractivity contribution in [3.05, 3.63) is 382 Å². The fraction of sp³-hybridized carbons (Fsp3) is 0.276. The van der Waals surface area contributed by atoms with Gasteiger partial charge < -0.3 is 33.7 Å². The zero-order valence-corrected chi connectivity index (χ0v) is 88.4. The smallest absolute Gasteiger partial charge is 0.265 e. The maximum absolute atomic E-state index is 13.0. The molecule has 6 aliphatic heterocycles. The van der Waals surface area contributed by atoms with Crippen LogP contribution in [0.5, 0.6) is 34.5 Å². The maximum Gasteiger partial charge on any atom is 0.265 e. The van der Waals surface area contributed by atoms with Gasteiger partial charge in [0.25, 0.3) is 70.9 Å². The van der Waals surface area contributed by atoms with E-state index in [0.29, 0.717) is 141 Å². The number of hydrogen-bond acceptors (Lipinski definition) is 19. The standard InChI is InChI=1S/C22H25ClN2O3.C21H22ClNO3.C20H20ClNO3.C19H18ClNO3.C18H16ClNO3.C16H12ClNO3/c1-4-24(5-2)11-12-28-19-8-6-7-17-20(19)22(27)25(21(17)26)14-16-9-10-18(23)15(3)13-16;1-4-6-14(3)26-18-8-5-7-16-19(18)21(25)23(20(16)24)12-15-9-10-17(22)13(2)11-15;1-3-4-10-25-17-7-5-6-15-18(17)20(24)22(19(15)23)12-14-8-9-16(21)13(2)11-14;1-3-9-24-16-6-4-5-14-17(16)19(23)21(18(14)22)11-13-7-8-15(20)12(2)10-13;1-3-23-15-6-4-5-13-16(15)18(22)20(17(13)21)10-12-7-8-14(19)11(2)9-12;1-9-7-10(5-6-12(9)17)8-18-15(20)11-3-2-4-13(19)14(11)16(18)21/h6-10,13H,4-5,11-12,14H2,1-3H3;5,7-11,14H,4,6,12H2,1-3H3;5-9,11H,3-4,10,12H2,1-2H3;4-8,10H,3,9,11H2,1-2H3;4-9H,3,10H2,1-2H3;2-7,19H,8H2,1H3. The number of nitrogens with zero attached hydrogens (tertiary/aromatic N) is 7. The van der Waals surface area contributed by atoms with Crippen molar-refractivity contribution in [2.75, 3.05) is 46.1 Å². The number of fused-ring (bicyclic) bond motifs is 6. The zero-order chi connectivity index (χ0) is 106. The summed E-state index contributed by atoms with van der Waals surface area (Å²) < 4.78 is 28.6. The van der Waals surface area contributed by atoms with Crippen LogP contribution in [0.25, 0.3) is 0 Å². The van der Waals surface area contributed by atoms with Crippen LogP contribution in [0.3, 0.4) is 0 Å². The number of unbranched alkanes of at least 4 members (excludes halogenated alkanes) is 1. The number of benzene rings is 12. The number of likely N-dealkylation sites (N-methyl/N-ethyl adjacent to an activating group) is 1. The first kappa shape index (κ1) is 110. The molecule has 0 radical (unpaired) electrons. The van der Waals surface area contributed by atoms with Crippen molar-refractivity contribution >= 4 is 140 Å². The van der Waals surface area contributed by atoms with E-state index in [4.69, 9.17) is 93.3 Å². The lowest BCUT2D eigenvalue weighted by Crippen LogP contribution is -2.29. The number of imide groups is 6. The molecule has 12 amide bonds. The Hall–Kier alpha value is -14.0. The molecule has 0 aliphatic carbocycles. The molecule has 1 atom stereocenters. The fourth-order valence-corrected chi connectivity index (χ4v) is 18.1. The highest BCUT2D eigenvalue weighted by molar-refractivity contribution is 6.34. The lowest BCUT2D eigenvalue weighted by atomic mass is 10.1. The van der Waals surface area contributed by atoms with Crippen LogP contribution in [0.4, 0.5) is 0 Å². The Balaban J connectivity index is 0.000000148. The number of halogens is 6. The molecule has 0 saturated carbocycles. The average Bonchev–Trinajstić information content (AvgIpc) is 1.65. The predicted octanol–water partition coefficient (Wildman–Crippen LogP) is 25.0. The summed E-state index contributed by atoms with van der Waals surface area (Å²) in [5.41, 5.74) is 14.7. The van der Waals surface area contributed by atoms with Gasteiger partial charge in [-0.25, -0.2) is 0 Å². The Morgan fingerprint density at radius 2 is 0.524 bits per heavy atom. The van der Waals surface area contributed by atoms with Gasteiger partial charge in [0, 0.05) is 36.7 Å². The minimum Gasteiger partial charge on any atom is -0.507 e. The van der Waals surface area contributed by atoms with Gasteiger partial charge in [-0.2, -0.15) is 0 Å². The van der Waals surface area contributed by atoms with E-state index in [0.717, 1.165) is 123 Å². The first-order valence-corrected chi connectivity index (χ1v) is 50.8. The molecule has 1 N–H and O–H groups in total. The fourth-order valence-electron chi connectivity index (χ4n) is 17.4. The SMILES string of the molecule is CCCC(C)Oc1cccc2c1C(=O)N(Cc1ccc(Cl)c(C)c1)C2=O.CCCCOc1cccc2c1C(=O)N(Cc1ccc(Cl)c(C)c1)C2=O.CCCOc1cccc2c1C(=O)N(Cc1ccc(Cl)c(C)c1)C2=O.CCN(CC)CCOc1cccc2c1C(=O)N(Cc1ccc(Cl)c(C)c1)C2=O.CCOc1cccc2c1C(=O)N(Cc1ccc(Cl)c(C)c1)C2=O.Cc1cc(CN2C(=O)c3cccc(O)c3C2=O)ccc1Cl. The first-order valence-electron chi connectivity index (χ1n) is 48.5. The zero-order valence-electron chi connectivity index (χ0n) is 83.9. The van der Waals surface area contributed by atoms with Crippen molar-refractivity contribution in [3.63, 3.8) is 0 Å². The van der Waals surface area contributed by atoms with Crippen molar-refractivity contribution in [2.24, 2.45) is 0 Å². The van der Waals surface area contributed by atoms with Crippen LogP contribution in [0, 0.1) is 41.5 Å². The highest BCUT2D eigenvalue weighted by atomic mass is 35.5. The number of carbonyl (C=O) groups is 12. The highest BCUT2D eigenvalue weighted by Crippen LogP contribution is 2.41. The van der Waals surface area contributed by atoms with E-state index < -0.39 is 11.8 Å². The number of amides is 12. The third-order valence-electron chi connectivity index (χ3n) is 25.3. The number of aromatic hydroxyl groups is 1. The Morgan fingerprint density at radius 3 is 0.776 bits per heavy atom. The van der Waals surface area contributed by atoms with Crippen molar-refractivity contribution in [1.82, 2.24) is 34.3 Å². The first-order chi connectivity index (χ1) is 70.4. The Morgan fingerprint density at radius 1 is 0.279 bits per heavy atom. The molecule has 0 saturated heterocycles. The van der Waals surface area contributed by atoms with Crippen LogP contribution in [-0.4, -0.2) is 162 Å². The third kappa shape index (κ3) is 25.3. The van der Waals surface area contributed by atoms with E-state index in [1.54, 1.807) is 146 Å². The van der Waals surface area contributed by atoms with Gasteiger partial charge in [-0.3, -0.25) is 86.9 Å². The summed E-state index contributed by atoms with van der Waals surface area (Å²) in [5, 5.41) is 13.7. The van der Waals surface area contributed by atoms with E-state index in [2.05, 4.69) is 32.6 Å². The van der Waals surface area contributed by atoms with Gasteiger partial charge in [0.05, 0.1) is 132 Å². The average molecular weight is 2110 g/mol. The molecule has 0 aromatic heterocycles. The largest absolute Gasteiger partial charge is 0.507 e. The Labute approximate surface area is 885 Å². The number of hydrogen-bond donors (Lipinski definition) is 1. The number of rotatable bonds is 31. The van der Waals surface area contributed by atoms with Gasteiger partial charge >= 0.3 is 0 Å². The molecule has 18 rings (SSSR count). The second kappa shape index (κ2) is 49.9. The molecule has 0 bridgehead atoms. The molecule has 0 spiro atoms. The monoisotopic (exact) mass is 2100 g/mol. The van der Waals surface area contributed by atoms with E-state index in [1.165, 1.54) is 30.6 Å². The number of carbonyl (C=O) groups excluding carboxylic acids is 12. The maximum atomic E-state index is 13.0. The van der Waals surface area contributed by atoms with Gasteiger partial charge in [0.15, 0.2) is 0 Å².